The third-order valence-corrected chi connectivity index (χ3v) is 6.37. The summed E-state index contributed by atoms with van der Waals surface area (Å²) in [6.45, 7) is 6.18. The number of aryl methyl sites for hydroxylation is 3. The maximum Gasteiger partial charge on any atom is 0.226 e. The third kappa shape index (κ3) is 2.64. The van der Waals surface area contributed by atoms with Gasteiger partial charge < -0.3 is 5.32 Å². The second-order valence-electron chi connectivity index (χ2n) is 7.39. The van der Waals surface area contributed by atoms with Crippen molar-refractivity contribution in [1.29, 1.82) is 0 Å². The normalized spacial score (nSPS) is 16.2. The molecule has 2 aromatic carbocycles. The molecule has 0 spiro atoms. The Balaban J connectivity index is 1.69. The van der Waals surface area contributed by atoms with Gasteiger partial charge in [0.05, 0.1) is 15.9 Å². The molecule has 5 rings (SSSR count). The van der Waals surface area contributed by atoms with Gasteiger partial charge in [-0.1, -0.05) is 41.7 Å². The van der Waals surface area contributed by atoms with Crippen molar-refractivity contribution in [3.8, 4) is 5.13 Å². The van der Waals surface area contributed by atoms with E-state index < -0.39 is 0 Å². The molecule has 5 nitrogen and oxygen atoms in total. The van der Waals surface area contributed by atoms with Crippen LogP contribution in [0.2, 0.25) is 0 Å². The van der Waals surface area contributed by atoms with E-state index in [4.69, 9.17) is 10.1 Å². The van der Waals surface area contributed by atoms with E-state index in [1.807, 2.05) is 25.1 Å². The van der Waals surface area contributed by atoms with E-state index in [0.29, 0.717) is 6.42 Å². The largest absolute Gasteiger partial charge is 0.310 e. The summed E-state index contributed by atoms with van der Waals surface area (Å²) in [7, 11) is 0. The van der Waals surface area contributed by atoms with Gasteiger partial charge in [0.25, 0.3) is 0 Å². The zero-order chi connectivity index (χ0) is 19.4. The molecule has 1 aliphatic rings. The molecule has 0 saturated carbocycles. The van der Waals surface area contributed by atoms with Gasteiger partial charge in [-0.2, -0.15) is 9.78 Å². The molecule has 1 amide bonds. The van der Waals surface area contributed by atoms with Crippen LogP contribution in [0.1, 0.15) is 40.3 Å². The minimum Gasteiger partial charge on any atom is -0.310 e. The van der Waals surface area contributed by atoms with Crippen LogP contribution in [0, 0.1) is 20.8 Å². The lowest BCUT2D eigenvalue weighted by Crippen LogP contribution is -2.25. The zero-order valence-electron chi connectivity index (χ0n) is 16.0. The third-order valence-electron chi connectivity index (χ3n) is 5.38. The second-order valence-corrected chi connectivity index (χ2v) is 8.40. The van der Waals surface area contributed by atoms with Crippen LogP contribution in [0.4, 0.5) is 5.82 Å². The average molecular weight is 388 g/mol. The maximum absolute atomic E-state index is 12.6. The molecule has 0 radical (unpaired) electrons. The highest BCUT2D eigenvalue weighted by Crippen LogP contribution is 2.41. The molecule has 0 saturated heterocycles. The van der Waals surface area contributed by atoms with Crippen molar-refractivity contribution in [2.24, 2.45) is 0 Å². The lowest BCUT2D eigenvalue weighted by Gasteiger charge is -2.25. The predicted molar refractivity (Wildman–Crippen MR) is 112 cm³/mol. The molecule has 140 valence electrons. The summed E-state index contributed by atoms with van der Waals surface area (Å²) in [5.74, 6) is 0.770. The van der Waals surface area contributed by atoms with Crippen molar-refractivity contribution in [2.75, 3.05) is 5.32 Å². The van der Waals surface area contributed by atoms with Crippen LogP contribution in [-0.2, 0) is 4.79 Å². The highest BCUT2D eigenvalue weighted by molar-refractivity contribution is 7.20. The quantitative estimate of drug-likeness (QED) is 0.532. The molecule has 6 heteroatoms. The molecule has 2 aromatic heterocycles. The summed E-state index contributed by atoms with van der Waals surface area (Å²) in [6, 6.07) is 14.5. The van der Waals surface area contributed by atoms with Crippen LogP contribution in [0.15, 0.2) is 42.5 Å². The number of carbonyl (C=O) groups is 1. The fraction of sp³-hybridized carbons (Fsp3) is 0.227. The van der Waals surface area contributed by atoms with Gasteiger partial charge in [-0.25, -0.2) is 4.98 Å². The number of amides is 1. The molecule has 3 heterocycles. The number of nitrogens with one attached hydrogen (secondary N) is 1. The Bertz CT molecular complexity index is 1240. The number of aromatic nitrogens is 3. The monoisotopic (exact) mass is 388 g/mol. The molecular weight excluding hydrogens is 368 g/mol. The van der Waals surface area contributed by atoms with E-state index in [1.54, 1.807) is 16.0 Å². The highest BCUT2D eigenvalue weighted by atomic mass is 32.1. The predicted octanol–water partition coefficient (Wildman–Crippen LogP) is 4.88. The minimum atomic E-state index is 0.00956. The second kappa shape index (κ2) is 6.27. The lowest BCUT2D eigenvalue weighted by atomic mass is 9.84. The molecule has 0 bridgehead atoms. The van der Waals surface area contributed by atoms with Crippen molar-refractivity contribution in [1.82, 2.24) is 14.8 Å². The molecule has 0 fully saturated rings. The van der Waals surface area contributed by atoms with Gasteiger partial charge in [0.15, 0.2) is 0 Å². The Labute approximate surface area is 167 Å². The van der Waals surface area contributed by atoms with Gasteiger partial charge in [-0.3, -0.25) is 4.79 Å². The number of rotatable bonds is 2. The minimum absolute atomic E-state index is 0.00956. The van der Waals surface area contributed by atoms with Crippen LogP contribution in [0.25, 0.3) is 15.3 Å². The lowest BCUT2D eigenvalue weighted by molar-refractivity contribution is -0.116. The molecule has 28 heavy (non-hydrogen) atoms. The van der Waals surface area contributed by atoms with E-state index in [-0.39, 0.29) is 11.8 Å². The van der Waals surface area contributed by atoms with E-state index in [9.17, 15) is 4.79 Å². The van der Waals surface area contributed by atoms with Crippen LogP contribution >= 0.6 is 11.3 Å². The van der Waals surface area contributed by atoms with Gasteiger partial charge in [-0.15, -0.1) is 0 Å². The summed E-state index contributed by atoms with van der Waals surface area (Å²) >= 11 is 1.59. The van der Waals surface area contributed by atoms with Gasteiger partial charge in [-0.05, 0) is 49.6 Å². The molecular formula is C22H20N4OS. The number of carbonyl (C=O) groups excluding carboxylic acids is 1. The molecule has 4 aromatic rings. The molecule has 1 N–H and O–H groups in total. The van der Waals surface area contributed by atoms with Crippen molar-refractivity contribution in [2.45, 2.75) is 33.1 Å². The number of nitrogens with zero attached hydrogens (tertiary/aromatic N) is 3. The topological polar surface area (TPSA) is 59.8 Å². The Morgan fingerprint density at radius 3 is 2.79 bits per heavy atom. The van der Waals surface area contributed by atoms with E-state index in [0.717, 1.165) is 32.4 Å². The van der Waals surface area contributed by atoms with E-state index >= 15 is 0 Å². The Kier molecular flexibility index (Phi) is 3.84. The zero-order valence-corrected chi connectivity index (χ0v) is 16.8. The summed E-state index contributed by atoms with van der Waals surface area (Å²) in [4.78, 5) is 17.3. The van der Waals surface area contributed by atoms with Crippen LogP contribution in [0.3, 0.4) is 0 Å². The Morgan fingerprint density at radius 2 is 1.96 bits per heavy atom. The van der Waals surface area contributed by atoms with Crippen molar-refractivity contribution in [3.05, 3.63) is 70.4 Å². The number of anilines is 1. The summed E-state index contributed by atoms with van der Waals surface area (Å²) < 4.78 is 2.92. The number of fused-ring (bicyclic) bond motifs is 2. The van der Waals surface area contributed by atoms with E-state index in [1.165, 1.54) is 16.7 Å². The first kappa shape index (κ1) is 17.1. The number of hydrogen-bond acceptors (Lipinski definition) is 4. The van der Waals surface area contributed by atoms with Gasteiger partial charge in [0, 0.05) is 17.9 Å². The Hall–Kier alpha value is -2.99. The van der Waals surface area contributed by atoms with Gasteiger partial charge >= 0.3 is 0 Å². The number of hydrogen-bond donors (Lipinski definition) is 1. The van der Waals surface area contributed by atoms with Crippen LogP contribution in [-0.4, -0.2) is 20.7 Å². The van der Waals surface area contributed by atoms with Crippen molar-refractivity contribution < 1.29 is 4.79 Å². The smallest absolute Gasteiger partial charge is 0.226 e. The van der Waals surface area contributed by atoms with Crippen molar-refractivity contribution in [3.63, 3.8) is 0 Å². The summed E-state index contributed by atoms with van der Waals surface area (Å²) in [6.07, 6.45) is 0.434. The first-order chi connectivity index (χ1) is 13.5. The summed E-state index contributed by atoms with van der Waals surface area (Å²) in [5.41, 5.74) is 6.54. The number of benzene rings is 2. The maximum atomic E-state index is 12.6. The first-order valence-corrected chi connectivity index (χ1v) is 10.2. The highest BCUT2D eigenvalue weighted by Gasteiger charge is 2.33. The van der Waals surface area contributed by atoms with Crippen LogP contribution < -0.4 is 5.32 Å². The van der Waals surface area contributed by atoms with Gasteiger partial charge in [0.1, 0.15) is 5.82 Å². The molecule has 1 atom stereocenters. The Morgan fingerprint density at radius 1 is 1.14 bits per heavy atom. The SMILES string of the molecule is Cc1ccc2nc(-n3nc(C)c4c3NC(=O)C[C@H]4c3ccccc3C)sc2c1. The molecule has 0 unspecified atom stereocenters. The molecule has 1 aliphatic heterocycles. The standard InChI is InChI=1S/C22H20N4OS/c1-12-8-9-17-18(10-12)28-22(23-17)26-21-20(14(3)25-26)16(11-19(27)24-21)15-7-5-4-6-13(15)2/h4-10,16H,11H2,1-3H3,(H,24,27)/t16-/m0/s1. The van der Waals surface area contributed by atoms with Crippen molar-refractivity contribution >= 4 is 33.3 Å². The fourth-order valence-corrected chi connectivity index (χ4v) is 5.06. The number of thiazole rings is 1. The van der Waals surface area contributed by atoms with Gasteiger partial charge in [0.2, 0.25) is 11.0 Å². The first-order valence-electron chi connectivity index (χ1n) is 9.33. The summed E-state index contributed by atoms with van der Waals surface area (Å²) in [5, 5.41) is 8.59. The fourth-order valence-electron chi connectivity index (χ4n) is 4.04. The van der Waals surface area contributed by atoms with Crippen LogP contribution in [0.5, 0.6) is 0 Å². The average Bonchev–Trinajstić information content (AvgIpc) is 3.22. The van der Waals surface area contributed by atoms with E-state index in [2.05, 4.69) is 43.4 Å². The molecule has 0 aliphatic carbocycles.